The van der Waals surface area contributed by atoms with E-state index in [4.69, 9.17) is 37.0 Å². The molecule has 6 atom stereocenters. The highest BCUT2D eigenvalue weighted by atomic mass is 31.2. The summed E-state index contributed by atoms with van der Waals surface area (Å²) in [5.41, 5.74) is 0. The number of hydrogen-bond donors (Lipinski definition) is 3. The SMILES string of the molecule is CCCCCC/C=C\C=C/CCCCCCCC(=O)OC[C@H](COP(=O)(O)OC[C@@H](O)COP(=O)(O)OC[C@@H](COC(=O)CCCCCCCCCCC)OC(=O)CCCCCCCCCCCCC(C)CC)OC(=O)CCCCCCC/C=C\C=C/CCCCCC. The van der Waals surface area contributed by atoms with Gasteiger partial charge in [-0.3, -0.25) is 37.3 Å². The molecular formula is C74H136O17P2. The number of rotatable bonds is 70. The fourth-order valence-electron chi connectivity index (χ4n) is 10.2. The van der Waals surface area contributed by atoms with Gasteiger partial charge < -0.3 is 33.8 Å². The number of carbonyl (C=O) groups is 4. The zero-order valence-corrected chi connectivity index (χ0v) is 61.1. The van der Waals surface area contributed by atoms with Crippen LogP contribution in [0.5, 0.6) is 0 Å². The van der Waals surface area contributed by atoms with Crippen molar-refractivity contribution in [2.45, 2.75) is 355 Å². The largest absolute Gasteiger partial charge is 0.472 e. The molecule has 17 nitrogen and oxygen atoms in total. The van der Waals surface area contributed by atoms with Gasteiger partial charge in [0.15, 0.2) is 12.2 Å². The van der Waals surface area contributed by atoms with Gasteiger partial charge in [0.05, 0.1) is 26.4 Å². The molecule has 0 aromatic heterocycles. The van der Waals surface area contributed by atoms with Gasteiger partial charge in [-0.05, 0) is 83.0 Å². The lowest BCUT2D eigenvalue weighted by Gasteiger charge is -2.21. The quantitative estimate of drug-likeness (QED) is 0.0169. The Morgan fingerprint density at radius 2 is 0.602 bits per heavy atom. The zero-order chi connectivity index (χ0) is 68.4. The van der Waals surface area contributed by atoms with Gasteiger partial charge in [-0.2, -0.15) is 0 Å². The number of aliphatic hydroxyl groups is 1. The van der Waals surface area contributed by atoms with Crippen molar-refractivity contribution < 1.29 is 80.2 Å². The molecule has 3 N–H and O–H groups in total. The van der Waals surface area contributed by atoms with Gasteiger partial charge in [-0.15, -0.1) is 0 Å². The summed E-state index contributed by atoms with van der Waals surface area (Å²) in [7, 11) is -9.93. The molecule has 0 aromatic rings. The third kappa shape index (κ3) is 66.1. The van der Waals surface area contributed by atoms with E-state index in [9.17, 15) is 43.2 Å². The third-order valence-electron chi connectivity index (χ3n) is 16.4. The van der Waals surface area contributed by atoms with Gasteiger partial charge in [-0.1, -0.05) is 282 Å². The first-order valence-corrected chi connectivity index (χ1v) is 40.3. The number of phosphoric ester groups is 2. The summed E-state index contributed by atoms with van der Waals surface area (Å²) in [5, 5.41) is 10.6. The maximum absolute atomic E-state index is 13.0. The first-order chi connectivity index (χ1) is 45.1. The van der Waals surface area contributed by atoms with E-state index in [-0.39, 0.29) is 25.7 Å². The van der Waals surface area contributed by atoms with Crippen LogP contribution in [0.4, 0.5) is 0 Å². The molecule has 544 valence electrons. The highest BCUT2D eigenvalue weighted by Gasteiger charge is 2.30. The molecule has 0 saturated carbocycles. The van der Waals surface area contributed by atoms with Crippen molar-refractivity contribution in [3.05, 3.63) is 48.6 Å². The molecule has 0 spiro atoms. The Morgan fingerprint density at radius 1 is 0.344 bits per heavy atom. The van der Waals surface area contributed by atoms with E-state index in [1.807, 2.05) is 0 Å². The van der Waals surface area contributed by atoms with Gasteiger partial charge in [0.2, 0.25) is 0 Å². The van der Waals surface area contributed by atoms with Crippen molar-refractivity contribution in [2.75, 3.05) is 39.6 Å². The Kier molecular flexibility index (Phi) is 64.1. The smallest absolute Gasteiger partial charge is 0.462 e. The lowest BCUT2D eigenvalue weighted by atomic mass is 9.99. The van der Waals surface area contributed by atoms with Crippen LogP contribution in [0.3, 0.4) is 0 Å². The molecule has 0 aromatic carbocycles. The highest BCUT2D eigenvalue weighted by Crippen LogP contribution is 2.45. The van der Waals surface area contributed by atoms with Crippen LogP contribution >= 0.6 is 15.6 Å². The Bertz CT molecular complexity index is 1980. The molecule has 0 rings (SSSR count). The minimum absolute atomic E-state index is 0.0782. The van der Waals surface area contributed by atoms with Crippen LogP contribution in [0.2, 0.25) is 0 Å². The molecule has 0 aliphatic carbocycles. The van der Waals surface area contributed by atoms with Gasteiger partial charge in [-0.25, -0.2) is 9.13 Å². The number of aliphatic hydroxyl groups excluding tert-OH is 1. The average Bonchev–Trinajstić information content (AvgIpc) is 2.43. The van der Waals surface area contributed by atoms with E-state index >= 15 is 0 Å². The van der Waals surface area contributed by atoms with Crippen molar-refractivity contribution in [2.24, 2.45) is 5.92 Å². The molecule has 0 bridgehead atoms. The second-order valence-electron chi connectivity index (χ2n) is 25.6. The summed E-state index contributed by atoms with van der Waals surface area (Å²) >= 11 is 0. The van der Waals surface area contributed by atoms with Gasteiger partial charge in [0, 0.05) is 25.7 Å². The summed E-state index contributed by atoms with van der Waals surface area (Å²) < 4.78 is 68.3. The molecule has 93 heavy (non-hydrogen) atoms. The molecule has 0 amide bonds. The van der Waals surface area contributed by atoms with Gasteiger partial charge in [0.25, 0.3) is 0 Å². The monoisotopic (exact) mass is 1360 g/mol. The molecule has 0 aliphatic rings. The molecule has 0 heterocycles. The lowest BCUT2D eigenvalue weighted by Crippen LogP contribution is -2.30. The number of esters is 4. The Balaban J connectivity index is 5.32. The first-order valence-electron chi connectivity index (χ1n) is 37.3. The van der Waals surface area contributed by atoms with Gasteiger partial charge >= 0.3 is 39.5 Å². The van der Waals surface area contributed by atoms with Crippen LogP contribution in [0.15, 0.2) is 48.6 Å². The zero-order valence-electron chi connectivity index (χ0n) is 59.4. The summed E-state index contributed by atoms with van der Waals surface area (Å²) in [4.78, 5) is 72.6. The third-order valence-corrected chi connectivity index (χ3v) is 18.3. The first kappa shape index (κ1) is 90.0. The molecule has 0 radical (unpaired) electrons. The second-order valence-corrected chi connectivity index (χ2v) is 28.5. The average molecular weight is 1360 g/mol. The van der Waals surface area contributed by atoms with Crippen molar-refractivity contribution in [3.63, 3.8) is 0 Å². The predicted octanol–water partition coefficient (Wildman–Crippen LogP) is 20.8. The van der Waals surface area contributed by atoms with Crippen molar-refractivity contribution in [1.82, 2.24) is 0 Å². The van der Waals surface area contributed by atoms with Crippen LogP contribution in [0.25, 0.3) is 0 Å². The number of allylic oxidation sites excluding steroid dienone is 8. The Labute approximate surface area is 566 Å². The normalized spacial score (nSPS) is 14.6. The molecule has 19 heteroatoms. The number of unbranched alkanes of at least 4 members (excludes halogenated alkanes) is 35. The topological polar surface area (TPSA) is 237 Å². The van der Waals surface area contributed by atoms with Crippen LogP contribution in [-0.2, 0) is 65.4 Å². The second kappa shape index (κ2) is 66.3. The molecule has 0 aliphatic heterocycles. The van der Waals surface area contributed by atoms with Crippen LogP contribution in [0.1, 0.15) is 336 Å². The van der Waals surface area contributed by atoms with E-state index in [0.29, 0.717) is 25.7 Å². The number of phosphoric acid groups is 2. The molecule has 0 saturated heterocycles. The maximum Gasteiger partial charge on any atom is 0.472 e. The van der Waals surface area contributed by atoms with Gasteiger partial charge in [0.1, 0.15) is 19.3 Å². The van der Waals surface area contributed by atoms with Crippen molar-refractivity contribution >= 4 is 39.5 Å². The summed E-state index contributed by atoms with van der Waals surface area (Å²) in [6.07, 6.45) is 59.7. The van der Waals surface area contributed by atoms with Crippen molar-refractivity contribution in [3.8, 4) is 0 Å². The highest BCUT2D eigenvalue weighted by molar-refractivity contribution is 7.47. The van der Waals surface area contributed by atoms with Crippen LogP contribution in [0, 0.1) is 5.92 Å². The summed E-state index contributed by atoms with van der Waals surface area (Å²) in [5.74, 6) is -1.38. The maximum atomic E-state index is 13.0. The van der Waals surface area contributed by atoms with E-state index in [2.05, 4.69) is 83.2 Å². The van der Waals surface area contributed by atoms with E-state index in [1.165, 1.54) is 128 Å². The summed E-state index contributed by atoms with van der Waals surface area (Å²) in [6.45, 7) is 7.15. The predicted molar refractivity (Wildman–Crippen MR) is 377 cm³/mol. The summed E-state index contributed by atoms with van der Waals surface area (Å²) in [6, 6.07) is 0. The molecule has 3 unspecified atom stereocenters. The van der Waals surface area contributed by atoms with Crippen molar-refractivity contribution in [1.29, 1.82) is 0 Å². The number of carbonyl (C=O) groups excluding carboxylic acids is 4. The number of ether oxygens (including phenoxy) is 4. The van der Waals surface area contributed by atoms with Crippen LogP contribution in [-0.4, -0.2) is 96.7 Å². The van der Waals surface area contributed by atoms with E-state index < -0.39 is 97.5 Å². The lowest BCUT2D eigenvalue weighted by molar-refractivity contribution is -0.161. The minimum Gasteiger partial charge on any atom is -0.462 e. The fourth-order valence-corrected chi connectivity index (χ4v) is 11.8. The van der Waals surface area contributed by atoms with E-state index in [1.54, 1.807) is 0 Å². The molecule has 0 fully saturated rings. The van der Waals surface area contributed by atoms with E-state index in [0.717, 1.165) is 128 Å². The Morgan fingerprint density at radius 3 is 0.914 bits per heavy atom. The minimum atomic E-state index is -4.97. The molecular weight excluding hydrogens is 1220 g/mol. The Hall–Kier alpha value is -2.98. The van der Waals surface area contributed by atoms with Crippen LogP contribution < -0.4 is 0 Å². The standard InChI is InChI=1S/C74H136O17P2/c1-6-10-13-16-19-22-24-26-28-30-32-38-43-48-53-58-72(77)85-64-70(90-73(78)59-54-49-44-39-33-31-29-27-25-23-20-17-14-11-7-2)66-89-93(82,83)87-62-68(75)61-86-92(80,81)88-65-69(63-84-71(76)57-52-47-42-36-21-18-15-12-8-3)91-74(79)60-55-50-45-40-35-34-37-41-46-51-56-67(5)9-4/h22-29,67-70,75H,6-21,30-66H2,1-5H3,(H,80,81)(H,82,83)/b24-22-,25-23-,28-26-,29-27-/t67?,68-,69+,70+/m0/s1. The fraction of sp³-hybridized carbons (Fsp3) is 0.838. The number of hydrogen-bond acceptors (Lipinski definition) is 15.